The highest BCUT2D eigenvalue weighted by Crippen LogP contribution is 2.31. The van der Waals surface area contributed by atoms with Gasteiger partial charge in [-0.25, -0.2) is 17.2 Å². The van der Waals surface area contributed by atoms with Crippen LogP contribution in [0.5, 0.6) is 0 Å². The van der Waals surface area contributed by atoms with E-state index in [9.17, 15) is 17.2 Å². The van der Waals surface area contributed by atoms with Gasteiger partial charge in [0.15, 0.2) is 0 Å². The van der Waals surface area contributed by atoms with E-state index in [1.807, 2.05) is 0 Å². The maximum atomic E-state index is 13.5. The average molecular weight is 507 g/mol. The maximum absolute atomic E-state index is 13.5. The predicted octanol–water partition coefficient (Wildman–Crippen LogP) is 4.82. The van der Waals surface area contributed by atoms with E-state index in [1.165, 1.54) is 28.6 Å². The first-order valence-electron chi connectivity index (χ1n) is 9.85. The second kappa shape index (κ2) is 9.16. The number of halogens is 3. The van der Waals surface area contributed by atoms with E-state index in [2.05, 4.69) is 20.8 Å². The molecule has 0 N–H and O–H groups in total. The number of benzene rings is 3. The smallest absolute Gasteiger partial charge is 0.243 e. The summed E-state index contributed by atoms with van der Waals surface area (Å²) in [4.78, 5) is 2.40. The highest BCUT2D eigenvalue weighted by molar-refractivity contribution is 9.10. The lowest BCUT2D eigenvalue weighted by atomic mass is 9.96. The summed E-state index contributed by atoms with van der Waals surface area (Å²) in [6.45, 7) is 1.64. The third kappa shape index (κ3) is 4.87. The van der Waals surface area contributed by atoms with Gasteiger partial charge in [0.25, 0.3) is 0 Å². The molecule has 8 heteroatoms. The zero-order valence-corrected chi connectivity index (χ0v) is 19.0. The Labute approximate surface area is 189 Å². The molecule has 1 aliphatic heterocycles. The van der Waals surface area contributed by atoms with Gasteiger partial charge < -0.3 is 0 Å². The van der Waals surface area contributed by atoms with Gasteiger partial charge in [0.05, 0.1) is 10.9 Å². The summed E-state index contributed by atoms with van der Waals surface area (Å²) in [6.07, 6.45) is 0. The minimum absolute atomic E-state index is 0.225. The molecule has 0 spiro atoms. The molecule has 0 unspecified atom stereocenters. The van der Waals surface area contributed by atoms with Crippen LogP contribution in [0.25, 0.3) is 0 Å². The second-order valence-electron chi connectivity index (χ2n) is 7.40. The summed E-state index contributed by atoms with van der Waals surface area (Å²) in [7, 11) is -3.60. The predicted molar refractivity (Wildman–Crippen MR) is 119 cm³/mol. The fraction of sp³-hybridized carbons (Fsp3) is 0.217. The number of hydrogen-bond acceptors (Lipinski definition) is 3. The summed E-state index contributed by atoms with van der Waals surface area (Å²) < 4.78 is 55.2. The van der Waals surface area contributed by atoms with E-state index < -0.39 is 10.0 Å². The average Bonchev–Trinajstić information content (AvgIpc) is 2.77. The molecule has 1 saturated heterocycles. The normalized spacial score (nSPS) is 16.0. The molecule has 3 aromatic carbocycles. The van der Waals surface area contributed by atoms with Crippen molar-refractivity contribution in [1.82, 2.24) is 9.21 Å². The molecule has 0 aromatic heterocycles. The topological polar surface area (TPSA) is 40.6 Å². The molecule has 0 aliphatic carbocycles. The largest absolute Gasteiger partial charge is 0.290 e. The minimum atomic E-state index is -3.60. The van der Waals surface area contributed by atoms with Crippen molar-refractivity contribution in [3.63, 3.8) is 0 Å². The Hall–Kier alpha value is -2.13. The van der Waals surface area contributed by atoms with Crippen LogP contribution in [-0.4, -0.2) is 43.8 Å². The van der Waals surface area contributed by atoms with Crippen molar-refractivity contribution in [3.05, 3.63) is 100 Å². The Morgan fingerprint density at radius 1 is 0.774 bits per heavy atom. The molecule has 1 heterocycles. The molecule has 4 nitrogen and oxygen atoms in total. The van der Waals surface area contributed by atoms with Crippen molar-refractivity contribution in [2.24, 2.45) is 0 Å². The summed E-state index contributed by atoms with van der Waals surface area (Å²) in [5.41, 5.74) is 1.74. The summed E-state index contributed by atoms with van der Waals surface area (Å²) >= 11 is 3.32. The monoisotopic (exact) mass is 506 g/mol. The quantitative estimate of drug-likeness (QED) is 0.497. The van der Waals surface area contributed by atoms with Crippen LogP contribution in [0, 0.1) is 11.6 Å². The number of hydrogen-bond donors (Lipinski definition) is 0. The summed E-state index contributed by atoms with van der Waals surface area (Å²) in [5, 5.41) is 0. The molecular weight excluding hydrogens is 486 g/mol. The first-order valence-corrected chi connectivity index (χ1v) is 12.1. The van der Waals surface area contributed by atoms with Crippen molar-refractivity contribution in [2.75, 3.05) is 26.2 Å². The maximum Gasteiger partial charge on any atom is 0.243 e. The number of rotatable bonds is 5. The van der Waals surface area contributed by atoms with Crippen LogP contribution < -0.4 is 0 Å². The van der Waals surface area contributed by atoms with Gasteiger partial charge in [-0.3, -0.25) is 4.90 Å². The van der Waals surface area contributed by atoms with Crippen LogP contribution in [0.3, 0.4) is 0 Å². The van der Waals surface area contributed by atoms with Crippen molar-refractivity contribution in [2.45, 2.75) is 10.9 Å². The van der Waals surface area contributed by atoms with Crippen LogP contribution in [0.4, 0.5) is 8.78 Å². The van der Waals surface area contributed by atoms with Gasteiger partial charge in [-0.2, -0.15) is 4.31 Å². The van der Waals surface area contributed by atoms with Gasteiger partial charge in [-0.1, -0.05) is 46.3 Å². The van der Waals surface area contributed by atoms with Crippen LogP contribution in [0.1, 0.15) is 17.2 Å². The molecule has 0 saturated carbocycles. The third-order valence-electron chi connectivity index (χ3n) is 5.44. The molecule has 0 radical (unpaired) electrons. The Morgan fingerprint density at radius 3 is 1.77 bits per heavy atom. The molecular formula is C23H21BrF2N2O2S. The Balaban J connectivity index is 1.58. The standard InChI is InChI=1S/C23H21BrF2N2O2S/c24-19-2-1-3-22(16-19)31(29,30)28-14-12-27(13-15-28)23(17-4-8-20(25)9-5-17)18-6-10-21(26)11-7-18/h1-11,16,23H,12-15H2. The van der Waals surface area contributed by atoms with Gasteiger partial charge in [0.2, 0.25) is 10.0 Å². The van der Waals surface area contributed by atoms with E-state index >= 15 is 0 Å². The van der Waals surface area contributed by atoms with E-state index in [0.717, 1.165) is 11.1 Å². The molecule has 4 rings (SSSR count). The molecule has 1 aliphatic rings. The fourth-order valence-electron chi connectivity index (χ4n) is 3.88. The van der Waals surface area contributed by atoms with Crippen LogP contribution in [-0.2, 0) is 10.0 Å². The highest BCUT2D eigenvalue weighted by atomic mass is 79.9. The van der Waals surface area contributed by atoms with E-state index in [1.54, 1.807) is 48.5 Å². The van der Waals surface area contributed by atoms with Gasteiger partial charge >= 0.3 is 0 Å². The lowest BCUT2D eigenvalue weighted by Crippen LogP contribution is -2.49. The number of nitrogens with zero attached hydrogens (tertiary/aromatic N) is 2. The third-order valence-corrected chi connectivity index (χ3v) is 7.83. The number of sulfonamides is 1. The lowest BCUT2D eigenvalue weighted by molar-refractivity contribution is 0.155. The Bertz CT molecular complexity index is 1100. The van der Waals surface area contributed by atoms with Crippen LogP contribution >= 0.6 is 15.9 Å². The molecule has 3 aromatic rings. The van der Waals surface area contributed by atoms with Crippen molar-refractivity contribution in [3.8, 4) is 0 Å². The fourth-order valence-corrected chi connectivity index (χ4v) is 5.90. The molecule has 31 heavy (non-hydrogen) atoms. The van der Waals surface area contributed by atoms with Crippen molar-refractivity contribution < 1.29 is 17.2 Å². The summed E-state index contributed by atoms with van der Waals surface area (Å²) in [5.74, 6) is -0.655. The first kappa shape index (κ1) is 22.1. The molecule has 162 valence electrons. The van der Waals surface area contributed by atoms with E-state index in [4.69, 9.17) is 0 Å². The zero-order valence-electron chi connectivity index (χ0n) is 16.6. The van der Waals surface area contributed by atoms with E-state index in [0.29, 0.717) is 30.7 Å². The SMILES string of the molecule is O=S(=O)(c1cccc(Br)c1)N1CCN(C(c2ccc(F)cc2)c2ccc(F)cc2)CC1. The van der Waals surface area contributed by atoms with Gasteiger partial charge in [-0.15, -0.1) is 0 Å². The lowest BCUT2D eigenvalue weighted by Gasteiger charge is -2.39. The Kier molecular flexibility index (Phi) is 6.52. The highest BCUT2D eigenvalue weighted by Gasteiger charge is 2.32. The van der Waals surface area contributed by atoms with Gasteiger partial charge in [0.1, 0.15) is 11.6 Å². The van der Waals surface area contributed by atoms with Crippen LogP contribution in [0.15, 0.2) is 82.2 Å². The number of piperazine rings is 1. The van der Waals surface area contributed by atoms with Gasteiger partial charge in [0, 0.05) is 30.7 Å². The minimum Gasteiger partial charge on any atom is -0.290 e. The Morgan fingerprint density at radius 2 is 1.29 bits per heavy atom. The van der Waals surface area contributed by atoms with Gasteiger partial charge in [-0.05, 0) is 53.6 Å². The summed E-state index contributed by atoms with van der Waals surface area (Å²) in [6, 6.07) is 18.9. The van der Waals surface area contributed by atoms with E-state index in [-0.39, 0.29) is 22.6 Å². The van der Waals surface area contributed by atoms with Crippen molar-refractivity contribution in [1.29, 1.82) is 0 Å². The zero-order chi connectivity index (χ0) is 22.0. The second-order valence-corrected chi connectivity index (χ2v) is 10.3. The molecule has 0 amide bonds. The van der Waals surface area contributed by atoms with Crippen molar-refractivity contribution >= 4 is 26.0 Å². The first-order chi connectivity index (χ1) is 14.8. The molecule has 0 bridgehead atoms. The van der Waals surface area contributed by atoms with Crippen LogP contribution in [0.2, 0.25) is 0 Å². The molecule has 1 fully saturated rings. The molecule has 0 atom stereocenters.